The van der Waals surface area contributed by atoms with Crippen LogP contribution in [0.5, 0.6) is 0 Å². The zero-order chi connectivity index (χ0) is 10.2. The maximum atomic E-state index is 9.03. The molecule has 1 saturated carbocycles. The van der Waals surface area contributed by atoms with Crippen molar-refractivity contribution < 1.29 is 9.84 Å². The van der Waals surface area contributed by atoms with Gasteiger partial charge in [0.1, 0.15) is 0 Å². The molecule has 1 aliphatic rings. The van der Waals surface area contributed by atoms with Crippen LogP contribution in [0.2, 0.25) is 0 Å². The molecule has 0 amide bonds. The summed E-state index contributed by atoms with van der Waals surface area (Å²) in [5.41, 5.74) is 0. The van der Waals surface area contributed by atoms with Gasteiger partial charge in [-0.25, -0.2) is 0 Å². The highest BCUT2D eigenvalue weighted by Crippen LogP contribution is 2.29. The van der Waals surface area contributed by atoms with Gasteiger partial charge < -0.3 is 9.84 Å². The molecule has 1 atom stereocenters. The Balaban J connectivity index is 1.71. The van der Waals surface area contributed by atoms with Gasteiger partial charge in [0.2, 0.25) is 0 Å². The quantitative estimate of drug-likeness (QED) is 0.610. The normalized spacial score (nSPS) is 19.3. The zero-order valence-corrected chi connectivity index (χ0v) is 9.37. The van der Waals surface area contributed by atoms with E-state index in [1.807, 2.05) is 6.92 Å². The first-order valence-corrected chi connectivity index (χ1v) is 6.05. The van der Waals surface area contributed by atoms with Crippen LogP contribution in [-0.4, -0.2) is 24.4 Å². The number of hydrogen-bond donors (Lipinski definition) is 1. The number of ether oxygens (including phenoxy) is 1. The maximum absolute atomic E-state index is 9.03. The van der Waals surface area contributed by atoms with Gasteiger partial charge in [-0.2, -0.15) is 0 Å². The molecule has 2 heteroatoms. The molecule has 1 rings (SSSR count). The third-order valence-corrected chi connectivity index (χ3v) is 3.06. The monoisotopic (exact) mass is 200 g/mol. The molecule has 0 saturated heterocycles. The highest BCUT2D eigenvalue weighted by Gasteiger charge is 2.16. The van der Waals surface area contributed by atoms with Gasteiger partial charge in [0.05, 0.1) is 6.10 Å². The fourth-order valence-electron chi connectivity index (χ4n) is 1.78. The Bertz CT molecular complexity index is 130. The van der Waals surface area contributed by atoms with E-state index >= 15 is 0 Å². The van der Waals surface area contributed by atoms with Crippen LogP contribution >= 0.6 is 0 Å². The highest BCUT2D eigenvalue weighted by molar-refractivity contribution is 4.68. The molecule has 0 radical (unpaired) electrons. The summed E-state index contributed by atoms with van der Waals surface area (Å²) in [5, 5.41) is 9.03. The largest absolute Gasteiger partial charge is 0.393 e. The van der Waals surface area contributed by atoms with Gasteiger partial charge in [-0.3, -0.25) is 0 Å². The second kappa shape index (κ2) is 7.24. The molecule has 0 aromatic rings. The van der Waals surface area contributed by atoms with Crippen LogP contribution in [0, 0.1) is 5.92 Å². The van der Waals surface area contributed by atoms with E-state index in [4.69, 9.17) is 9.84 Å². The Labute approximate surface area is 87.7 Å². The molecule has 0 aliphatic heterocycles. The Hall–Kier alpha value is -0.0800. The molecular formula is C12H24O2. The fourth-order valence-corrected chi connectivity index (χ4v) is 1.78. The number of rotatable bonds is 8. The van der Waals surface area contributed by atoms with Crippen molar-refractivity contribution in [3.8, 4) is 0 Å². The van der Waals surface area contributed by atoms with Crippen molar-refractivity contribution in [2.75, 3.05) is 13.2 Å². The average molecular weight is 200 g/mol. The van der Waals surface area contributed by atoms with Crippen LogP contribution in [0.1, 0.15) is 51.9 Å². The topological polar surface area (TPSA) is 29.5 Å². The minimum absolute atomic E-state index is 0.148. The molecule has 1 unspecified atom stereocenters. The number of aliphatic hydroxyl groups is 1. The molecule has 1 aliphatic carbocycles. The lowest BCUT2D eigenvalue weighted by Gasteiger charge is -2.24. The molecule has 0 aromatic carbocycles. The molecule has 0 heterocycles. The van der Waals surface area contributed by atoms with Crippen molar-refractivity contribution in [1.29, 1.82) is 0 Å². The van der Waals surface area contributed by atoms with Gasteiger partial charge in [-0.15, -0.1) is 0 Å². The fraction of sp³-hybridized carbons (Fsp3) is 1.00. The Morgan fingerprint density at radius 1 is 1.29 bits per heavy atom. The molecule has 1 N–H and O–H groups in total. The van der Waals surface area contributed by atoms with E-state index in [2.05, 4.69) is 0 Å². The van der Waals surface area contributed by atoms with E-state index in [9.17, 15) is 0 Å². The predicted octanol–water partition coefficient (Wildman–Crippen LogP) is 2.74. The second-order valence-corrected chi connectivity index (χ2v) is 4.54. The zero-order valence-electron chi connectivity index (χ0n) is 9.37. The average Bonchev–Trinajstić information content (AvgIpc) is 2.06. The van der Waals surface area contributed by atoms with Crippen molar-refractivity contribution in [2.45, 2.75) is 58.0 Å². The van der Waals surface area contributed by atoms with E-state index < -0.39 is 0 Å². The molecular weight excluding hydrogens is 176 g/mol. The van der Waals surface area contributed by atoms with E-state index in [0.29, 0.717) is 0 Å². The summed E-state index contributed by atoms with van der Waals surface area (Å²) in [4.78, 5) is 0. The first kappa shape index (κ1) is 12.0. The van der Waals surface area contributed by atoms with Crippen LogP contribution in [-0.2, 0) is 4.74 Å². The Morgan fingerprint density at radius 2 is 2.07 bits per heavy atom. The van der Waals surface area contributed by atoms with Crippen LogP contribution in [0.3, 0.4) is 0 Å². The summed E-state index contributed by atoms with van der Waals surface area (Å²) in [6.45, 7) is 3.66. The minimum atomic E-state index is -0.148. The molecule has 14 heavy (non-hydrogen) atoms. The predicted molar refractivity (Wildman–Crippen MR) is 58.3 cm³/mol. The van der Waals surface area contributed by atoms with Gasteiger partial charge in [0, 0.05) is 13.2 Å². The van der Waals surface area contributed by atoms with Gasteiger partial charge in [0.15, 0.2) is 0 Å². The first-order chi connectivity index (χ1) is 6.79. The summed E-state index contributed by atoms with van der Waals surface area (Å²) in [6.07, 6.45) is 8.47. The summed E-state index contributed by atoms with van der Waals surface area (Å²) < 4.78 is 5.54. The lowest BCUT2D eigenvalue weighted by atomic mass is 9.83. The summed E-state index contributed by atoms with van der Waals surface area (Å²) in [6, 6.07) is 0. The number of unbranched alkanes of at least 4 members (excludes halogenated alkanes) is 1. The third kappa shape index (κ3) is 5.61. The van der Waals surface area contributed by atoms with Gasteiger partial charge in [-0.05, 0) is 38.5 Å². The van der Waals surface area contributed by atoms with E-state index in [1.54, 1.807) is 0 Å². The van der Waals surface area contributed by atoms with E-state index in [1.165, 1.54) is 25.7 Å². The minimum Gasteiger partial charge on any atom is -0.393 e. The molecule has 0 spiro atoms. The van der Waals surface area contributed by atoms with E-state index in [-0.39, 0.29) is 6.10 Å². The van der Waals surface area contributed by atoms with Crippen molar-refractivity contribution in [2.24, 2.45) is 5.92 Å². The number of hydrogen-bond acceptors (Lipinski definition) is 2. The van der Waals surface area contributed by atoms with Crippen molar-refractivity contribution >= 4 is 0 Å². The van der Waals surface area contributed by atoms with Crippen molar-refractivity contribution in [3.05, 3.63) is 0 Å². The van der Waals surface area contributed by atoms with Gasteiger partial charge in [0.25, 0.3) is 0 Å². The van der Waals surface area contributed by atoms with Crippen LogP contribution < -0.4 is 0 Å². The molecule has 2 nitrogen and oxygen atoms in total. The molecule has 0 bridgehead atoms. The van der Waals surface area contributed by atoms with Crippen LogP contribution in [0.25, 0.3) is 0 Å². The van der Waals surface area contributed by atoms with Crippen molar-refractivity contribution in [3.63, 3.8) is 0 Å². The molecule has 0 aromatic heterocycles. The summed E-state index contributed by atoms with van der Waals surface area (Å²) in [5.74, 6) is 0.965. The summed E-state index contributed by atoms with van der Waals surface area (Å²) >= 11 is 0. The Morgan fingerprint density at radius 3 is 2.64 bits per heavy atom. The smallest absolute Gasteiger partial charge is 0.0512 e. The molecule has 84 valence electrons. The maximum Gasteiger partial charge on any atom is 0.0512 e. The van der Waals surface area contributed by atoms with Crippen LogP contribution in [0.4, 0.5) is 0 Å². The third-order valence-electron chi connectivity index (χ3n) is 3.06. The van der Waals surface area contributed by atoms with Crippen LogP contribution in [0.15, 0.2) is 0 Å². The van der Waals surface area contributed by atoms with E-state index in [0.717, 1.165) is 38.4 Å². The lowest BCUT2D eigenvalue weighted by Crippen LogP contribution is -2.13. The molecule has 1 fully saturated rings. The number of aliphatic hydroxyl groups excluding tert-OH is 1. The summed E-state index contributed by atoms with van der Waals surface area (Å²) in [7, 11) is 0. The Kier molecular flexibility index (Phi) is 6.20. The van der Waals surface area contributed by atoms with Gasteiger partial charge >= 0.3 is 0 Å². The first-order valence-electron chi connectivity index (χ1n) is 6.05. The lowest BCUT2D eigenvalue weighted by molar-refractivity contribution is 0.0998. The SMILES string of the molecule is CC(O)CCCCOCCC1CCC1. The highest BCUT2D eigenvalue weighted by atomic mass is 16.5. The van der Waals surface area contributed by atoms with Gasteiger partial charge in [-0.1, -0.05) is 19.3 Å². The van der Waals surface area contributed by atoms with Crippen molar-refractivity contribution in [1.82, 2.24) is 0 Å². The standard InChI is InChI=1S/C12H24O2/c1-11(13)5-2-3-9-14-10-8-12-6-4-7-12/h11-13H,2-10H2,1H3. The second-order valence-electron chi connectivity index (χ2n) is 4.54.